The Labute approximate surface area is 123 Å². The van der Waals surface area contributed by atoms with E-state index in [1.807, 2.05) is 11.3 Å². The van der Waals surface area contributed by atoms with Gasteiger partial charge in [-0.05, 0) is 25.3 Å². The highest BCUT2D eigenvalue weighted by atomic mass is 32.1. The molecule has 0 bridgehead atoms. The highest BCUT2D eigenvalue weighted by Gasteiger charge is 2.24. The molecule has 0 aliphatic carbocycles. The number of thiazole rings is 1. The maximum Gasteiger partial charge on any atom is 0.110 e. The molecule has 0 amide bonds. The number of nitrogens with one attached hydrogen (secondary N) is 1. The van der Waals surface area contributed by atoms with Crippen LogP contribution in [0.1, 0.15) is 77.5 Å². The van der Waals surface area contributed by atoms with Crippen LogP contribution in [0.5, 0.6) is 0 Å². The van der Waals surface area contributed by atoms with E-state index < -0.39 is 0 Å². The third-order valence-electron chi connectivity index (χ3n) is 3.48. The molecule has 0 aliphatic heterocycles. The normalized spacial score (nSPS) is 15.5. The van der Waals surface area contributed by atoms with Gasteiger partial charge in [-0.2, -0.15) is 0 Å². The number of hydrogen-bond acceptors (Lipinski definition) is 3. The number of nitrogens with zero attached hydrogens (tertiary/aromatic N) is 1. The van der Waals surface area contributed by atoms with Gasteiger partial charge < -0.3 is 5.32 Å². The summed E-state index contributed by atoms with van der Waals surface area (Å²) in [7, 11) is 0. The van der Waals surface area contributed by atoms with Gasteiger partial charge >= 0.3 is 0 Å². The molecule has 0 aromatic carbocycles. The maximum atomic E-state index is 4.89. The molecular weight excluding hydrogens is 252 g/mol. The van der Waals surface area contributed by atoms with Gasteiger partial charge in [0, 0.05) is 10.8 Å². The van der Waals surface area contributed by atoms with Crippen molar-refractivity contribution in [3.63, 3.8) is 0 Å². The van der Waals surface area contributed by atoms with Crippen molar-refractivity contribution in [2.24, 2.45) is 5.92 Å². The van der Waals surface area contributed by atoms with Crippen molar-refractivity contribution in [2.75, 3.05) is 6.54 Å². The molecule has 1 N–H and O–H groups in total. The Bertz CT molecular complexity index is 365. The van der Waals surface area contributed by atoms with Crippen LogP contribution >= 0.6 is 11.3 Å². The van der Waals surface area contributed by atoms with Crippen molar-refractivity contribution in [3.05, 3.63) is 16.1 Å². The van der Waals surface area contributed by atoms with Crippen molar-refractivity contribution in [3.8, 4) is 0 Å². The Morgan fingerprint density at radius 2 is 1.95 bits per heavy atom. The average molecular weight is 282 g/mol. The molecule has 0 aliphatic rings. The first kappa shape index (κ1) is 16.6. The molecule has 0 spiro atoms. The highest BCUT2D eigenvalue weighted by molar-refractivity contribution is 7.09. The molecule has 19 heavy (non-hydrogen) atoms. The number of aromatic nitrogens is 1. The Kier molecular flexibility index (Phi) is 6.48. The van der Waals surface area contributed by atoms with Crippen molar-refractivity contribution < 1.29 is 0 Å². The van der Waals surface area contributed by atoms with Crippen LogP contribution in [0.2, 0.25) is 0 Å². The van der Waals surface area contributed by atoms with E-state index >= 15 is 0 Å². The summed E-state index contributed by atoms with van der Waals surface area (Å²) in [5.74, 6) is 0.649. The van der Waals surface area contributed by atoms with E-state index in [0.29, 0.717) is 12.0 Å². The summed E-state index contributed by atoms with van der Waals surface area (Å²) in [6, 6.07) is 0.418. The first-order chi connectivity index (χ1) is 8.90. The highest BCUT2D eigenvalue weighted by Crippen LogP contribution is 2.31. The molecule has 110 valence electrons. The number of hydrogen-bond donors (Lipinski definition) is 1. The van der Waals surface area contributed by atoms with Gasteiger partial charge in [0.05, 0.1) is 11.7 Å². The molecule has 0 saturated heterocycles. The largest absolute Gasteiger partial charge is 0.308 e. The van der Waals surface area contributed by atoms with Crippen LogP contribution in [-0.4, -0.2) is 11.5 Å². The Morgan fingerprint density at radius 1 is 1.26 bits per heavy atom. The quantitative estimate of drug-likeness (QED) is 0.768. The van der Waals surface area contributed by atoms with E-state index in [2.05, 4.69) is 52.2 Å². The van der Waals surface area contributed by atoms with Crippen LogP contribution in [0.4, 0.5) is 0 Å². The fourth-order valence-corrected chi connectivity index (χ4v) is 3.48. The molecule has 1 rings (SSSR count). The Morgan fingerprint density at radius 3 is 2.42 bits per heavy atom. The van der Waals surface area contributed by atoms with Crippen LogP contribution < -0.4 is 5.32 Å². The zero-order chi connectivity index (χ0) is 14.5. The van der Waals surface area contributed by atoms with E-state index in [4.69, 9.17) is 4.98 Å². The van der Waals surface area contributed by atoms with E-state index in [9.17, 15) is 0 Å². The summed E-state index contributed by atoms with van der Waals surface area (Å²) >= 11 is 1.82. The second kappa shape index (κ2) is 7.39. The molecule has 0 fully saturated rings. The lowest BCUT2D eigenvalue weighted by Gasteiger charge is -2.23. The minimum Gasteiger partial charge on any atom is -0.308 e. The van der Waals surface area contributed by atoms with Gasteiger partial charge in [0.25, 0.3) is 0 Å². The molecule has 0 radical (unpaired) electrons. The standard InChI is InChI=1S/C16H30N2S/c1-7-9-12(3)14(17-10-8-2)15-18-13(11-19-15)16(4,5)6/h11-12,14,17H,7-10H2,1-6H3. The monoisotopic (exact) mass is 282 g/mol. The topological polar surface area (TPSA) is 24.9 Å². The minimum absolute atomic E-state index is 0.151. The smallest absolute Gasteiger partial charge is 0.110 e. The summed E-state index contributed by atoms with van der Waals surface area (Å²) in [4.78, 5) is 4.89. The molecule has 2 atom stereocenters. The van der Waals surface area contributed by atoms with Crippen LogP contribution in [-0.2, 0) is 5.41 Å². The van der Waals surface area contributed by atoms with Crippen LogP contribution in [0.15, 0.2) is 5.38 Å². The van der Waals surface area contributed by atoms with Crippen LogP contribution in [0.3, 0.4) is 0 Å². The zero-order valence-corrected chi connectivity index (χ0v) is 14.2. The van der Waals surface area contributed by atoms with Crippen molar-refractivity contribution in [1.82, 2.24) is 10.3 Å². The molecule has 1 aromatic heterocycles. The first-order valence-electron chi connectivity index (χ1n) is 7.59. The molecule has 3 heteroatoms. The molecule has 1 aromatic rings. The first-order valence-corrected chi connectivity index (χ1v) is 8.47. The second-order valence-electron chi connectivity index (χ2n) is 6.52. The predicted octanol–water partition coefficient (Wildman–Crippen LogP) is 4.92. The lowest BCUT2D eigenvalue weighted by atomic mass is 9.93. The van der Waals surface area contributed by atoms with Crippen molar-refractivity contribution in [1.29, 1.82) is 0 Å². The van der Waals surface area contributed by atoms with Gasteiger partial charge in [-0.25, -0.2) is 4.98 Å². The van der Waals surface area contributed by atoms with E-state index in [1.165, 1.54) is 30.0 Å². The van der Waals surface area contributed by atoms with Gasteiger partial charge in [-0.3, -0.25) is 0 Å². The SMILES string of the molecule is CCCNC(c1nc(C(C)(C)C)cs1)C(C)CCC. The van der Waals surface area contributed by atoms with Gasteiger partial charge in [-0.1, -0.05) is 48.0 Å². The second-order valence-corrected chi connectivity index (χ2v) is 7.41. The summed E-state index contributed by atoms with van der Waals surface area (Å²) in [5.41, 5.74) is 1.37. The third-order valence-corrected chi connectivity index (χ3v) is 4.41. The molecule has 2 unspecified atom stereocenters. The summed E-state index contributed by atoms with van der Waals surface area (Å²) in [6.45, 7) is 14.6. The van der Waals surface area contributed by atoms with Crippen molar-refractivity contribution >= 4 is 11.3 Å². The molecule has 1 heterocycles. The minimum atomic E-state index is 0.151. The fourth-order valence-electron chi connectivity index (χ4n) is 2.23. The van der Waals surface area contributed by atoms with E-state index in [1.54, 1.807) is 0 Å². The van der Waals surface area contributed by atoms with E-state index in [-0.39, 0.29) is 5.41 Å². The van der Waals surface area contributed by atoms with Gasteiger partial charge in [0.2, 0.25) is 0 Å². The Balaban J connectivity index is 2.87. The zero-order valence-electron chi connectivity index (χ0n) is 13.4. The van der Waals surface area contributed by atoms with Gasteiger partial charge in [0.1, 0.15) is 5.01 Å². The lowest BCUT2D eigenvalue weighted by Crippen LogP contribution is -2.28. The maximum absolute atomic E-state index is 4.89. The van der Waals surface area contributed by atoms with Crippen LogP contribution in [0.25, 0.3) is 0 Å². The average Bonchev–Trinajstić information content (AvgIpc) is 2.79. The molecular formula is C16H30N2S. The van der Waals surface area contributed by atoms with E-state index in [0.717, 1.165) is 6.54 Å². The molecule has 0 saturated carbocycles. The summed E-state index contributed by atoms with van der Waals surface area (Å²) in [5, 5.41) is 7.18. The van der Waals surface area contributed by atoms with Crippen molar-refractivity contribution in [2.45, 2.75) is 72.3 Å². The lowest BCUT2D eigenvalue weighted by molar-refractivity contribution is 0.361. The van der Waals surface area contributed by atoms with Crippen LogP contribution in [0, 0.1) is 5.92 Å². The molecule has 2 nitrogen and oxygen atoms in total. The third kappa shape index (κ3) is 4.88. The van der Waals surface area contributed by atoms with Gasteiger partial charge in [-0.15, -0.1) is 11.3 Å². The summed E-state index contributed by atoms with van der Waals surface area (Å²) < 4.78 is 0. The Hall–Kier alpha value is -0.410. The predicted molar refractivity (Wildman–Crippen MR) is 85.9 cm³/mol. The fraction of sp³-hybridized carbons (Fsp3) is 0.812. The summed E-state index contributed by atoms with van der Waals surface area (Å²) in [6.07, 6.45) is 3.67. The van der Waals surface area contributed by atoms with Gasteiger partial charge in [0.15, 0.2) is 0 Å². The number of rotatable bonds is 7.